The van der Waals surface area contributed by atoms with Gasteiger partial charge in [0.1, 0.15) is 6.04 Å². The van der Waals surface area contributed by atoms with E-state index in [2.05, 4.69) is 10.3 Å². The van der Waals surface area contributed by atoms with Gasteiger partial charge in [-0.2, -0.15) is 0 Å². The van der Waals surface area contributed by atoms with Crippen LogP contribution in [0.4, 0.5) is 10.2 Å². The van der Waals surface area contributed by atoms with Gasteiger partial charge in [0.25, 0.3) is 0 Å². The maximum atomic E-state index is 13.6. The van der Waals surface area contributed by atoms with Crippen LogP contribution in [-0.4, -0.2) is 29.4 Å². The number of amides is 2. The molecule has 1 fully saturated rings. The maximum absolute atomic E-state index is 13.6. The number of carbonyl (C=O) groups is 2. The highest BCUT2D eigenvalue weighted by Gasteiger charge is 2.32. The number of aromatic nitrogens is 1. The molecule has 17 heavy (non-hydrogen) atoms. The molecule has 2 heterocycles. The first-order chi connectivity index (χ1) is 7.99. The van der Waals surface area contributed by atoms with Crippen molar-refractivity contribution in [2.75, 3.05) is 11.4 Å². The molecule has 1 aliphatic heterocycles. The van der Waals surface area contributed by atoms with Crippen LogP contribution in [0, 0.1) is 5.82 Å². The molecule has 1 unspecified atom stereocenters. The average molecular weight is 258 g/mol. The molecule has 2 amide bonds. The van der Waals surface area contributed by atoms with Crippen molar-refractivity contribution < 1.29 is 14.0 Å². The van der Waals surface area contributed by atoms with Gasteiger partial charge in [-0.25, -0.2) is 9.37 Å². The van der Waals surface area contributed by atoms with Crippen molar-refractivity contribution in [1.29, 1.82) is 0 Å². The molecule has 0 aromatic carbocycles. The Morgan fingerprint density at radius 2 is 2.29 bits per heavy atom. The fourth-order valence-electron chi connectivity index (χ4n) is 1.59. The summed E-state index contributed by atoms with van der Waals surface area (Å²) in [7, 11) is 0. The summed E-state index contributed by atoms with van der Waals surface area (Å²) >= 11 is 5.58. The van der Waals surface area contributed by atoms with Gasteiger partial charge in [0.2, 0.25) is 11.8 Å². The zero-order chi connectivity index (χ0) is 12.6. The lowest BCUT2D eigenvalue weighted by Gasteiger charge is -2.32. The van der Waals surface area contributed by atoms with E-state index < -0.39 is 23.7 Å². The summed E-state index contributed by atoms with van der Waals surface area (Å²) in [5.74, 6) is -1.67. The number of nitrogens with one attached hydrogen (secondary N) is 1. The van der Waals surface area contributed by atoms with E-state index in [0.29, 0.717) is 0 Å². The molecule has 1 atom stereocenters. The third kappa shape index (κ3) is 2.21. The predicted molar refractivity (Wildman–Crippen MR) is 59.2 cm³/mol. The lowest BCUT2D eigenvalue weighted by Crippen LogP contribution is -2.57. The summed E-state index contributed by atoms with van der Waals surface area (Å²) in [6, 6.07) is 0.434. The van der Waals surface area contributed by atoms with E-state index in [1.165, 1.54) is 11.1 Å². The van der Waals surface area contributed by atoms with Crippen molar-refractivity contribution in [2.45, 2.75) is 13.0 Å². The van der Waals surface area contributed by atoms with Crippen molar-refractivity contribution in [1.82, 2.24) is 10.3 Å². The van der Waals surface area contributed by atoms with Gasteiger partial charge >= 0.3 is 0 Å². The number of hydrogen-bond acceptors (Lipinski definition) is 4. The molecule has 1 aromatic heterocycles. The Hall–Kier alpha value is -1.69. The first-order valence-electron chi connectivity index (χ1n) is 4.90. The van der Waals surface area contributed by atoms with Gasteiger partial charge in [0, 0.05) is 6.20 Å². The lowest BCUT2D eigenvalue weighted by atomic mass is 10.2. The fraction of sp³-hybridized carbons (Fsp3) is 0.300. The quantitative estimate of drug-likeness (QED) is 0.754. The van der Waals surface area contributed by atoms with E-state index in [4.69, 9.17) is 11.6 Å². The Kier molecular flexibility index (Phi) is 2.97. The normalized spacial score (nSPS) is 20.4. The van der Waals surface area contributed by atoms with Crippen molar-refractivity contribution in [3.8, 4) is 0 Å². The zero-order valence-electron chi connectivity index (χ0n) is 8.91. The molecule has 2 rings (SSSR count). The Bertz CT molecular complexity index is 494. The van der Waals surface area contributed by atoms with Gasteiger partial charge < -0.3 is 4.90 Å². The first kappa shape index (κ1) is 11.8. The van der Waals surface area contributed by atoms with Crippen molar-refractivity contribution >= 4 is 29.2 Å². The predicted octanol–water partition coefficient (Wildman–Crippen LogP) is 0.725. The monoisotopic (exact) mass is 257 g/mol. The smallest absolute Gasteiger partial charge is 0.249 e. The number of halogens is 2. The largest absolute Gasteiger partial charge is 0.333 e. The Morgan fingerprint density at radius 1 is 1.59 bits per heavy atom. The Labute approximate surface area is 102 Å². The highest BCUT2D eigenvalue weighted by molar-refractivity contribution is 6.30. The van der Waals surface area contributed by atoms with Crippen molar-refractivity contribution in [3.05, 3.63) is 23.1 Å². The molecule has 1 saturated heterocycles. The number of hydrogen-bond donors (Lipinski definition) is 1. The number of rotatable bonds is 1. The van der Waals surface area contributed by atoms with Crippen LogP contribution in [-0.2, 0) is 9.59 Å². The number of anilines is 1. The molecule has 1 aliphatic rings. The van der Waals surface area contributed by atoms with Crippen molar-refractivity contribution in [3.63, 3.8) is 0 Å². The van der Waals surface area contributed by atoms with Crippen LogP contribution in [0.1, 0.15) is 6.92 Å². The molecule has 90 valence electrons. The number of imide groups is 1. The summed E-state index contributed by atoms with van der Waals surface area (Å²) in [6.45, 7) is 1.45. The molecule has 0 saturated carbocycles. The standard InChI is InChI=1S/C10H9ClFN3O2/c1-5-10(17)14-8(16)4-15(5)9-7(12)2-6(11)3-13-9/h2-3,5H,4H2,1H3,(H,14,16,17). The molecule has 0 bridgehead atoms. The molecule has 5 nitrogen and oxygen atoms in total. The van der Waals surface area contributed by atoms with E-state index in [1.807, 2.05) is 0 Å². The van der Waals surface area contributed by atoms with Crippen LogP contribution in [0.15, 0.2) is 12.3 Å². The summed E-state index contributed by atoms with van der Waals surface area (Å²) in [6.07, 6.45) is 1.27. The molecule has 0 aliphatic carbocycles. The van der Waals surface area contributed by atoms with Gasteiger partial charge in [-0.3, -0.25) is 14.9 Å². The second-order valence-electron chi connectivity index (χ2n) is 3.68. The summed E-state index contributed by atoms with van der Waals surface area (Å²) < 4.78 is 13.6. The number of nitrogens with zero attached hydrogens (tertiary/aromatic N) is 2. The minimum atomic E-state index is -0.660. The van der Waals surface area contributed by atoms with Crippen molar-refractivity contribution in [2.24, 2.45) is 0 Å². The van der Waals surface area contributed by atoms with Gasteiger partial charge in [-0.15, -0.1) is 0 Å². The second-order valence-corrected chi connectivity index (χ2v) is 4.11. The van der Waals surface area contributed by atoms with E-state index in [-0.39, 0.29) is 17.4 Å². The van der Waals surface area contributed by atoms with E-state index >= 15 is 0 Å². The second kappa shape index (κ2) is 4.29. The first-order valence-corrected chi connectivity index (χ1v) is 5.28. The summed E-state index contributed by atoms with van der Waals surface area (Å²) in [5, 5.41) is 2.32. The average Bonchev–Trinajstić information content (AvgIpc) is 2.24. The van der Waals surface area contributed by atoms with Gasteiger partial charge in [-0.05, 0) is 13.0 Å². The number of pyridine rings is 1. The number of piperazine rings is 1. The van der Waals surface area contributed by atoms with Crippen LogP contribution in [0.2, 0.25) is 5.02 Å². The summed E-state index contributed by atoms with van der Waals surface area (Å²) in [4.78, 5) is 27.8. The molecule has 1 N–H and O–H groups in total. The Morgan fingerprint density at radius 3 is 2.94 bits per heavy atom. The third-order valence-corrected chi connectivity index (χ3v) is 2.69. The number of carbonyl (C=O) groups excluding carboxylic acids is 2. The fourth-order valence-corrected chi connectivity index (χ4v) is 1.74. The molecule has 0 radical (unpaired) electrons. The molecular weight excluding hydrogens is 249 g/mol. The van der Waals surface area contributed by atoms with Crippen LogP contribution in [0.3, 0.4) is 0 Å². The van der Waals surface area contributed by atoms with Crippen LogP contribution in [0.5, 0.6) is 0 Å². The molecule has 0 spiro atoms. The van der Waals surface area contributed by atoms with Gasteiger partial charge in [-0.1, -0.05) is 11.6 Å². The summed E-state index contributed by atoms with van der Waals surface area (Å²) in [5.41, 5.74) is 0. The molecule has 7 heteroatoms. The third-order valence-electron chi connectivity index (χ3n) is 2.48. The van der Waals surface area contributed by atoms with Crippen LogP contribution in [0.25, 0.3) is 0 Å². The van der Waals surface area contributed by atoms with E-state index in [9.17, 15) is 14.0 Å². The molecule has 1 aromatic rings. The SMILES string of the molecule is CC1C(=O)NC(=O)CN1c1ncc(Cl)cc1F. The van der Waals surface area contributed by atoms with Gasteiger partial charge in [0.15, 0.2) is 11.6 Å². The van der Waals surface area contributed by atoms with Crippen LogP contribution < -0.4 is 10.2 Å². The minimum absolute atomic E-state index is 0.0508. The topological polar surface area (TPSA) is 62.3 Å². The maximum Gasteiger partial charge on any atom is 0.249 e. The Balaban J connectivity index is 2.37. The van der Waals surface area contributed by atoms with E-state index in [0.717, 1.165) is 6.07 Å². The highest BCUT2D eigenvalue weighted by Crippen LogP contribution is 2.22. The molecular formula is C10H9ClFN3O2. The lowest BCUT2D eigenvalue weighted by molar-refractivity contribution is -0.132. The van der Waals surface area contributed by atoms with Crippen LogP contribution >= 0.6 is 11.6 Å². The van der Waals surface area contributed by atoms with Gasteiger partial charge in [0.05, 0.1) is 11.6 Å². The zero-order valence-corrected chi connectivity index (χ0v) is 9.66. The van der Waals surface area contributed by atoms with E-state index in [1.54, 1.807) is 6.92 Å². The highest BCUT2D eigenvalue weighted by atomic mass is 35.5. The minimum Gasteiger partial charge on any atom is -0.333 e.